The van der Waals surface area contributed by atoms with Crippen LogP contribution >= 0.6 is 0 Å². The Bertz CT molecular complexity index is 620. The van der Waals surface area contributed by atoms with Gasteiger partial charge < -0.3 is 20.8 Å². The number of allylic oxidation sites excluding steroid dienone is 1. The van der Waals surface area contributed by atoms with Crippen molar-refractivity contribution in [2.75, 3.05) is 6.54 Å². The fourth-order valence-electron chi connectivity index (χ4n) is 1.84. The molecule has 130 valence electrons. The summed E-state index contributed by atoms with van der Waals surface area (Å²) in [4.78, 5) is 46.1. The molecule has 1 aromatic heterocycles. The molecule has 0 aliphatic rings. The minimum absolute atomic E-state index is 0.106. The molecule has 1 atom stereocenters. The number of ketones is 1. The highest BCUT2D eigenvalue weighted by molar-refractivity contribution is 6.06. The molecule has 8 heteroatoms. The molecule has 24 heavy (non-hydrogen) atoms. The summed E-state index contributed by atoms with van der Waals surface area (Å²) in [7, 11) is 0. The Hall–Kier alpha value is -2.90. The summed E-state index contributed by atoms with van der Waals surface area (Å²) in [6.45, 7) is 3.45. The lowest BCUT2D eigenvalue weighted by molar-refractivity contribution is -0.128. The average Bonchev–Trinajstić information content (AvgIpc) is 3.03. The zero-order valence-electron chi connectivity index (χ0n) is 13.6. The second kappa shape index (κ2) is 9.29. The first-order valence-corrected chi connectivity index (χ1v) is 7.42. The van der Waals surface area contributed by atoms with Gasteiger partial charge in [0.25, 0.3) is 0 Å². The van der Waals surface area contributed by atoms with Crippen LogP contribution in [0.15, 0.2) is 35.0 Å². The molecule has 3 amide bonds. The zero-order chi connectivity index (χ0) is 18.1. The van der Waals surface area contributed by atoms with Gasteiger partial charge in [-0.2, -0.15) is 0 Å². The summed E-state index contributed by atoms with van der Waals surface area (Å²) < 4.78 is 4.88. The Morgan fingerprint density at radius 1 is 1.25 bits per heavy atom. The average molecular weight is 335 g/mol. The van der Waals surface area contributed by atoms with Gasteiger partial charge in [-0.1, -0.05) is 13.8 Å². The van der Waals surface area contributed by atoms with Crippen LogP contribution in [0.4, 0.5) is 0 Å². The van der Waals surface area contributed by atoms with Gasteiger partial charge in [0, 0.05) is 6.08 Å². The van der Waals surface area contributed by atoms with E-state index >= 15 is 0 Å². The van der Waals surface area contributed by atoms with E-state index in [1.165, 1.54) is 12.3 Å². The fourth-order valence-corrected chi connectivity index (χ4v) is 1.84. The van der Waals surface area contributed by atoms with Gasteiger partial charge in [0.2, 0.25) is 23.5 Å². The third-order valence-electron chi connectivity index (χ3n) is 2.96. The number of nitrogens with one attached hydrogen (secondary N) is 2. The van der Waals surface area contributed by atoms with Gasteiger partial charge in [-0.3, -0.25) is 19.2 Å². The van der Waals surface area contributed by atoms with Crippen molar-refractivity contribution in [3.8, 4) is 0 Å². The summed E-state index contributed by atoms with van der Waals surface area (Å²) in [5.41, 5.74) is 5.22. The number of hydrogen-bond acceptors (Lipinski definition) is 5. The first-order valence-electron chi connectivity index (χ1n) is 7.42. The number of carbonyl (C=O) groups excluding carboxylic acids is 4. The Kier molecular flexibility index (Phi) is 7.41. The van der Waals surface area contributed by atoms with Crippen molar-refractivity contribution in [1.82, 2.24) is 10.6 Å². The lowest BCUT2D eigenvalue weighted by Gasteiger charge is -2.17. The van der Waals surface area contributed by atoms with Gasteiger partial charge in [-0.15, -0.1) is 0 Å². The molecule has 1 heterocycles. The highest BCUT2D eigenvalue weighted by Crippen LogP contribution is 2.04. The molecule has 0 radical (unpaired) electrons. The Labute approximate surface area is 139 Å². The maximum Gasteiger partial charge on any atom is 0.244 e. The molecule has 0 fully saturated rings. The first-order chi connectivity index (χ1) is 11.3. The van der Waals surface area contributed by atoms with E-state index in [1.807, 2.05) is 13.8 Å². The smallest absolute Gasteiger partial charge is 0.244 e. The minimum atomic E-state index is -0.787. The Morgan fingerprint density at radius 2 is 1.96 bits per heavy atom. The molecule has 0 saturated heterocycles. The SMILES string of the molecule is CC(C)C[C@H](NC(=O)CNC(=O)C=CC(=O)c1ccco1)C(N)=O. The van der Waals surface area contributed by atoms with E-state index < -0.39 is 29.5 Å². The van der Waals surface area contributed by atoms with Gasteiger partial charge >= 0.3 is 0 Å². The summed E-state index contributed by atoms with van der Waals surface area (Å²) in [6, 6.07) is 2.24. The summed E-state index contributed by atoms with van der Waals surface area (Å²) >= 11 is 0. The lowest BCUT2D eigenvalue weighted by Crippen LogP contribution is -2.48. The van der Waals surface area contributed by atoms with Crippen molar-refractivity contribution >= 4 is 23.5 Å². The van der Waals surface area contributed by atoms with Crippen LogP contribution in [-0.4, -0.2) is 36.1 Å². The molecular formula is C16H21N3O5. The van der Waals surface area contributed by atoms with E-state index in [4.69, 9.17) is 10.2 Å². The van der Waals surface area contributed by atoms with Crippen molar-refractivity contribution < 1.29 is 23.6 Å². The number of furan rings is 1. The summed E-state index contributed by atoms with van der Waals surface area (Å²) in [5, 5.41) is 4.76. The van der Waals surface area contributed by atoms with E-state index in [-0.39, 0.29) is 18.2 Å². The number of nitrogens with two attached hydrogens (primary N) is 1. The number of hydrogen-bond donors (Lipinski definition) is 3. The lowest BCUT2D eigenvalue weighted by atomic mass is 10.0. The van der Waals surface area contributed by atoms with Gasteiger partial charge in [0.05, 0.1) is 12.8 Å². The normalized spacial score (nSPS) is 12.1. The number of carbonyl (C=O) groups is 4. The van der Waals surface area contributed by atoms with E-state index in [0.717, 1.165) is 12.2 Å². The third kappa shape index (κ3) is 6.91. The second-order valence-corrected chi connectivity index (χ2v) is 5.54. The molecule has 0 aliphatic heterocycles. The molecule has 0 spiro atoms. The van der Waals surface area contributed by atoms with Gasteiger partial charge in [0.1, 0.15) is 6.04 Å². The molecule has 0 unspecified atom stereocenters. The minimum Gasteiger partial charge on any atom is -0.461 e. The standard InChI is InChI=1S/C16H21N3O5/c1-10(2)8-11(16(17)23)19-15(22)9-18-14(21)6-5-12(20)13-4-3-7-24-13/h3-7,10-11H,8-9H2,1-2H3,(H2,17,23)(H,18,21)(H,19,22)/t11-/m0/s1. The third-order valence-corrected chi connectivity index (χ3v) is 2.96. The highest BCUT2D eigenvalue weighted by atomic mass is 16.3. The molecule has 0 saturated carbocycles. The topological polar surface area (TPSA) is 132 Å². The Balaban J connectivity index is 2.41. The van der Waals surface area contributed by atoms with Crippen LogP contribution in [0, 0.1) is 5.92 Å². The van der Waals surface area contributed by atoms with Gasteiger partial charge in [-0.05, 0) is 30.5 Å². The molecule has 1 aromatic rings. The first kappa shape index (κ1) is 19.1. The maximum atomic E-state index is 11.7. The summed E-state index contributed by atoms with van der Waals surface area (Å²) in [5.74, 6) is -1.98. The second-order valence-electron chi connectivity index (χ2n) is 5.54. The van der Waals surface area contributed by atoms with E-state index in [1.54, 1.807) is 6.07 Å². The maximum absolute atomic E-state index is 11.7. The monoisotopic (exact) mass is 335 g/mol. The van der Waals surface area contributed by atoms with Crippen molar-refractivity contribution in [2.45, 2.75) is 26.3 Å². The van der Waals surface area contributed by atoms with Crippen molar-refractivity contribution in [1.29, 1.82) is 0 Å². The van der Waals surface area contributed by atoms with Crippen molar-refractivity contribution in [3.05, 3.63) is 36.3 Å². The van der Waals surface area contributed by atoms with Crippen LogP contribution < -0.4 is 16.4 Å². The quantitative estimate of drug-likeness (QED) is 0.436. The molecule has 1 rings (SSSR count). The van der Waals surface area contributed by atoms with Crippen LogP contribution in [0.25, 0.3) is 0 Å². The van der Waals surface area contributed by atoms with Crippen LogP contribution in [-0.2, 0) is 14.4 Å². The highest BCUT2D eigenvalue weighted by Gasteiger charge is 2.19. The Morgan fingerprint density at radius 3 is 2.50 bits per heavy atom. The van der Waals surface area contributed by atoms with Crippen LogP contribution in [0.1, 0.15) is 30.8 Å². The predicted octanol–water partition coefficient (Wildman–Crippen LogP) is 0.151. The number of rotatable bonds is 9. The fraction of sp³-hybridized carbons (Fsp3) is 0.375. The van der Waals surface area contributed by atoms with Crippen LogP contribution in [0.3, 0.4) is 0 Å². The molecule has 8 nitrogen and oxygen atoms in total. The molecular weight excluding hydrogens is 314 g/mol. The predicted molar refractivity (Wildman–Crippen MR) is 85.8 cm³/mol. The zero-order valence-corrected chi connectivity index (χ0v) is 13.6. The van der Waals surface area contributed by atoms with Crippen LogP contribution in [0.5, 0.6) is 0 Å². The molecule has 4 N–H and O–H groups in total. The van der Waals surface area contributed by atoms with Crippen LogP contribution in [0.2, 0.25) is 0 Å². The van der Waals surface area contributed by atoms with Gasteiger partial charge in [0.15, 0.2) is 5.76 Å². The van der Waals surface area contributed by atoms with Crippen molar-refractivity contribution in [2.24, 2.45) is 11.7 Å². The van der Waals surface area contributed by atoms with E-state index in [2.05, 4.69) is 10.6 Å². The molecule has 0 bridgehead atoms. The summed E-state index contributed by atoms with van der Waals surface area (Å²) in [6.07, 6.45) is 3.79. The number of primary amides is 1. The number of amides is 3. The van der Waals surface area contributed by atoms with Crippen molar-refractivity contribution in [3.63, 3.8) is 0 Å². The van der Waals surface area contributed by atoms with Gasteiger partial charge in [-0.25, -0.2) is 0 Å². The molecule has 0 aliphatic carbocycles. The van der Waals surface area contributed by atoms with E-state index in [9.17, 15) is 19.2 Å². The van der Waals surface area contributed by atoms with E-state index in [0.29, 0.717) is 6.42 Å². The molecule has 0 aromatic carbocycles. The largest absolute Gasteiger partial charge is 0.461 e.